The minimum Gasteiger partial charge on any atom is -0.393 e. The molecule has 4 nitrogen and oxygen atoms in total. The molecule has 3 N–H and O–H groups in total. The van der Waals surface area contributed by atoms with Crippen molar-refractivity contribution in [3.8, 4) is 0 Å². The predicted molar refractivity (Wildman–Crippen MR) is 88.6 cm³/mol. The second kappa shape index (κ2) is 8.29. The molecule has 1 aromatic carbocycles. The summed E-state index contributed by atoms with van der Waals surface area (Å²) in [5.74, 6) is 0.392. The van der Waals surface area contributed by atoms with E-state index in [1.165, 1.54) is 12.1 Å². The fourth-order valence-corrected chi connectivity index (χ4v) is 3.02. The summed E-state index contributed by atoms with van der Waals surface area (Å²) in [6.45, 7) is 4.72. The van der Waals surface area contributed by atoms with Crippen LogP contribution in [0.25, 0.3) is 0 Å². The van der Waals surface area contributed by atoms with Gasteiger partial charge in [-0.05, 0) is 55.2 Å². The molecule has 2 rings (SSSR count). The molecule has 0 aliphatic heterocycles. The summed E-state index contributed by atoms with van der Waals surface area (Å²) in [7, 11) is 0. The fraction of sp³-hybridized carbons (Fsp3) is 0.611. The molecule has 1 saturated carbocycles. The molecule has 5 heteroatoms. The number of urea groups is 1. The Morgan fingerprint density at radius 3 is 2.57 bits per heavy atom. The molecule has 0 spiro atoms. The van der Waals surface area contributed by atoms with Crippen molar-refractivity contribution in [2.45, 2.75) is 51.7 Å². The molecule has 1 aliphatic carbocycles. The SMILES string of the molecule is CC(C)C(Cc1ccc(F)cc1)NC(=O)NCC1CCC(O)C1. The molecule has 0 radical (unpaired) electrons. The first kappa shape index (κ1) is 17.7. The van der Waals surface area contributed by atoms with E-state index in [-0.39, 0.29) is 29.9 Å². The third kappa shape index (κ3) is 5.82. The number of carbonyl (C=O) groups is 1. The highest BCUT2D eigenvalue weighted by molar-refractivity contribution is 5.74. The van der Waals surface area contributed by atoms with Crippen LogP contribution in [0.2, 0.25) is 0 Å². The van der Waals surface area contributed by atoms with Crippen LogP contribution in [-0.4, -0.2) is 29.8 Å². The molecule has 2 amide bonds. The normalized spacial score (nSPS) is 22.1. The van der Waals surface area contributed by atoms with Crippen molar-refractivity contribution in [2.75, 3.05) is 6.54 Å². The van der Waals surface area contributed by atoms with E-state index in [1.54, 1.807) is 12.1 Å². The van der Waals surface area contributed by atoms with Gasteiger partial charge in [0.15, 0.2) is 0 Å². The summed E-state index contributed by atoms with van der Waals surface area (Å²) >= 11 is 0. The standard InChI is InChI=1S/C18H27FN2O2/c1-12(2)17(10-13-3-6-15(19)7-4-13)21-18(23)20-11-14-5-8-16(22)9-14/h3-4,6-7,12,14,16-17,22H,5,8-11H2,1-2H3,(H2,20,21,23). The Hall–Kier alpha value is -1.62. The maximum absolute atomic E-state index is 13.0. The number of carbonyl (C=O) groups excluding carboxylic acids is 1. The van der Waals surface area contributed by atoms with Crippen LogP contribution in [0, 0.1) is 17.7 Å². The minimum atomic E-state index is -0.251. The van der Waals surface area contributed by atoms with Crippen LogP contribution < -0.4 is 10.6 Å². The third-order valence-corrected chi connectivity index (χ3v) is 4.55. The smallest absolute Gasteiger partial charge is 0.315 e. The van der Waals surface area contributed by atoms with E-state index < -0.39 is 0 Å². The van der Waals surface area contributed by atoms with Gasteiger partial charge in [0.2, 0.25) is 0 Å². The second-order valence-corrected chi connectivity index (χ2v) is 6.87. The Labute approximate surface area is 137 Å². The molecule has 128 valence electrons. The zero-order valence-electron chi connectivity index (χ0n) is 13.9. The number of rotatable bonds is 6. The lowest BCUT2D eigenvalue weighted by Gasteiger charge is -2.23. The number of benzene rings is 1. The van der Waals surface area contributed by atoms with Gasteiger partial charge in [0.1, 0.15) is 5.82 Å². The highest BCUT2D eigenvalue weighted by atomic mass is 19.1. The maximum Gasteiger partial charge on any atom is 0.315 e. The molecular weight excluding hydrogens is 295 g/mol. The van der Waals surface area contributed by atoms with Gasteiger partial charge < -0.3 is 15.7 Å². The van der Waals surface area contributed by atoms with Crippen LogP contribution in [0.4, 0.5) is 9.18 Å². The number of amides is 2. The van der Waals surface area contributed by atoms with E-state index in [1.807, 2.05) is 0 Å². The van der Waals surface area contributed by atoms with Crippen molar-refractivity contribution in [1.29, 1.82) is 0 Å². The van der Waals surface area contributed by atoms with Gasteiger partial charge in [-0.3, -0.25) is 0 Å². The van der Waals surface area contributed by atoms with Crippen LogP contribution in [0.1, 0.15) is 38.7 Å². The number of nitrogens with one attached hydrogen (secondary N) is 2. The highest BCUT2D eigenvalue weighted by Crippen LogP contribution is 2.24. The van der Waals surface area contributed by atoms with Gasteiger partial charge in [-0.15, -0.1) is 0 Å². The Balaban J connectivity index is 1.81. The lowest BCUT2D eigenvalue weighted by atomic mass is 9.96. The Morgan fingerprint density at radius 2 is 2.00 bits per heavy atom. The first-order valence-corrected chi connectivity index (χ1v) is 8.41. The summed E-state index contributed by atoms with van der Waals surface area (Å²) < 4.78 is 13.0. The third-order valence-electron chi connectivity index (χ3n) is 4.55. The van der Waals surface area contributed by atoms with E-state index >= 15 is 0 Å². The molecule has 0 aromatic heterocycles. The Kier molecular flexibility index (Phi) is 6.39. The van der Waals surface area contributed by atoms with Crippen LogP contribution >= 0.6 is 0 Å². The molecule has 0 heterocycles. The van der Waals surface area contributed by atoms with Gasteiger partial charge >= 0.3 is 6.03 Å². The molecule has 3 unspecified atom stereocenters. The number of aliphatic hydroxyl groups is 1. The Morgan fingerprint density at radius 1 is 1.30 bits per heavy atom. The van der Waals surface area contributed by atoms with Crippen molar-refractivity contribution >= 4 is 6.03 Å². The molecule has 23 heavy (non-hydrogen) atoms. The van der Waals surface area contributed by atoms with E-state index in [2.05, 4.69) is 24.5 Å². The summed E-state index contributed by atoms with van der Waals surface area (Å²) in [6, 6.07) is 6.21. The van der Waals surface area contributed by atoms with Gasteiger partial charge in [0.05, 0.1) is 6.10 Å². The summed E-state index contributed by atoms with van der Waals surface area (Å²) in [4.78, 5) is 12.1. The average Bonchev–Trinajstić information content (AvgIpc) is 2.92. The molecule has 1 aliphatic rings. The van der Waals surface area contributed by atoms with Gasteiger partial charge in [-0.25, -0.2) is 9.18 Å². The zero-order chi connectivity index (χ0) is 16.8. The molecule has 1 fully saturated rings. The van der Waals surface area contributed by atoms with Crippen LogP contribution in [0.5, 0.6) is 0 Å². The minimum absolute atomic E-state index is 0.00497. The number of aliphatic hydroxyl groups excluding tert-OH is 1. The highest BCUT2D eigenvalue weighted by Gasteiger charge is 2.23. The van der Waals surface area contributed by atoms with Crippen molar-refractivity contribution in [2.24, 2.45) is 11.8 Å². The Bertz CT molecular complexity index is 504. The van der Waals surface area contributed by atoms with Gasteiger partial charge in [0, 0.05) is 12.6 Å². The second-order valence-electron chi connectivity index (χ2n) is 6.87. The van der Waals surface area contributed by atoms with Gasteiger partial charge in [0.25, 0.3) is 0 Å². The largest absolute Gasteiger partial charge is 0.393 e. The van der Waals surface area contributed by atoms with Crippen molar-refractivity contribution in [3.63, 3.8) is 0 Å². The summed E-state index contributed by atoms with van der Waals surface area (Å²) in [5, 5.41) is 15.4. The zero-order valence-corrected chi connectivity index (χ0v) is 13.9. The fourth-order valence-electron chi connectivity index (χ4n) is 3.02. The predicted octanol–water partition coefficient (Wildman–Crippen LogP) is 2.85. The summed E-state index contributed by atoms with van der Waals surface area (Å²) in [5.41, 5.74) is 1.00. The first-order valence-electron chi connectivity index (χ1n) is 8.41. The van der Waals surface area contributed by atoms with Crippen molar-refractivity contribution in [1.82, 2.24) is 10.6 Å². The number of halogens is 1. The van der Waals surface area contributed by atoms with Gasteiger partial charge in [-0.1, -0.05) is 26.0 Å². The molecule has 0 bridgehead atoms. The monoisotopic (exact) mass is 322 g/mol. The average molecular weight is 322 g/mol. The van der Waals surface area contributed by atoms with E-state index in [9.17, 15) is 14.3 Å². The van der Waals surface area contributed by atoms with Crippen LogP contribution in [0.15, 0.2) is 24.3 Å². The quantitative estimate of drug-likeness (QED) is 0.754. The van der Waals surface area contributed by atoms with Crippen molar-refractivity contribution < 1.29 is 14.3 Å². The van der Waals surface area contributed by atoms with E-state index in [0.717, 1.165) is 24.8 Å². The summed E-state index contributed by atoms with van der Waals surface area (Å²) in [6.07, 6.45) is 3.01. The van der Waals surface area contributed by atoms with Crippen LogP contribution in [0.3, 0.4) is 0 Å². The maximum atomic E-state index is 13.0. The number of hydrogen-bond donors (Lipinski definition) is 3. The van der Waals surface area contributed by atoms with E-state index in [4.69, 9.17) is 0 Å². The van der Waals surface area contributed by atoms with E-state index in [0.29, 0.717) is 18.9 Å². The molecule has 0 saturated heterocycles. The van der Waals surface area contributed by atoms with Gasteiger partial charge in [-0.2, -0.15) is 0 Å². The van der Waals surface area contributed by atoms with Crippen molar-refractivity contribution in [3.05, 3.63) is 35.6 Å². The molecule has 3 atom stereocenters. The lowest BCUT2D eigenvalue weighted by Crippen LogP contribution is -2.46. The topological polar surface area (TPSA) is 61.4 Å². The number of hydrogen-bond acceptors (Lipinski definition) is 2. The molecule has 1 aromatic rings. The first-order chi connectivity index (χ1) is 10.9. The molecular formula is C18H27FN2O2. The van der Waals surface area contributed by atoms with Crippen LogP contribution in [-0.2, 0) is 6.42 Å². The lowest BCUT2D eigenvalue weighted by molar-refractivity contribution is 0.177.